The summed E-state index contributed by atoms with van der Waals surface area (Å²) in [6.45, 7) is 2.32. The molecule has 0 atom stereocenters. The van der Waals surface area contributed by atoms with Crippen LogP contribution in [0.4, 0.5) is 5.82 Å². The Labute approximate surface area is 137 Å². The first-order valence-electron chi connectivity index (χ1n) is 7.33. The second-order valence-electron chi connectivity index (χ2n) is 5.43. The number of nitrogens with one attached hydrogen (secondary N) is 2. The summed E-state index contributed by atoms with van der Waals surface area (Å²) < 4.78 is 0. The van der Waals surface area contributed by atoms with Crippen LogP contribution in [0.2, 0.25) is 0 Å². The van der Waals surface area contributed by atoms with Crippen molar-refractivity contribution in [2.75, 3.05) is 5.32 Å². The summed E-state index contributed by atoms with van der Waals surface area (Å²) in [7, 11) is 0. The molecule has 1 aliphatic heterocycles. The van der Waals surface area contributed by atoms with Crippen molar-refractivity contribution >= 4 is 23.1 Å². The largest absolute Gasteiger partial charge is 0.304 e. The van der Waals surface area contributed by atoms with Gasteiger partial charge in [-0.3, -0.25) is 19.8 Å². The average molecular weight is 325 g/mol. The molecule has 1 aliphatic rings. The van der Waals surface area contributed by atoms with E-state index in [1.165, 1.54) is 11.3 Å². The lowest BCUT2D eigenvalue weighted by Gasteiger charge is -2.14. The maximum Gasteiger partial charge on any atom is 0.266 e. The molecular weight excluding hydrogens is 310 g/mol. The molecule has 7 heteroatoms. The number of hydrogen-bond acceptors (Lipinski definition) is 5. The molecule has 23 heavy (non-hydrogen) atoms. The molecule has 3 aromatic heterocycles. The molecule has 0 aliphatic carbocycles. The smallest absolute Gasteiger partial charge is 0.266 e. The minimum Gasteiger partial charge on any atom is -0.304 e. The van der Waals surface area contributed by atoms with Gasteiger partial charge in [-0.25, -0.2) is 0 Å². The zero-order chi connectivity index (χ0) is 15.6. The van der Waals surface area contributed by atoms with E-state index in [9.17, 15) is 4.79 Å². The number of aromatic amines is 1. The molecule has 0 saturated heterocycles. The minimum absolute atomic E-state index is 0.113. The number of nitrogens with zero attached hydrogens (tertiary/aromatic N) is 3. The topological polar surface area (TPSA) is 73.9 Å². The Morgan fingerprint density at radius 2 is 2.26 bits per heavy atom. The molecule has 6 nitrogen and oxygen atoms in total. The standard InChI is InChI=1S/C16H15N5OS/c22-16(14-5-3-7-23-14)18-15-12-9-21(10-13(12)19-20-15)8-11-4-1-2-6-17-11/h1-7H,8-10H2,(H2,18,19,20,22). The molecule has 2 N–H and O–H groups in total. The van der Waals surface area contributed by atoms with E-state index in [2.05, 4.69) is 25.4 Å². The Hall–Kier alpha value is -2.51. The number of anilines is 1. The van der Waals surface area contributed by atoms with Gasteiger partial charge < -0.3 is 5.32 Å². The van der Waals surface area contributed by atoms with Gasteiger partial charge >= 0.3 is 0 Å². The van der Waals surface area contributed by atoms with E-state index in [1.54, 1.807) is 12.3 Å². The van der Waals surface area contributed by atoms with Gasteiger partial charge in [0.15, 0.2) is 5.82 Å². The lowest BCUT2D eigenvalue weighted by atomic mass is 10.3. The van der Waals surface area contributed by atoms with Crippen molar-refractivity contribution in [3.63, 3.8) is 0 Å². The van der Waals surface area contributed by atoms with E-state index in [4.69, 9.17) is 0 Å². The fourth-order valence-corrected chi connectivity index (χ4v) is 3.34. The SMILES string of the molecule is O=C(Nc1n[nH]c2c1CN(Cc1ccccn1)C2)c1cccs1. The lowest BCUT2D eigenvalue weighted by molar-refractivity contribution is 0.103. The number of amides is 1. The Balaban J connectivity index is 1.46. The van der Waals surface area contributed by atoms with Gasteiger partial charge in [0.25, 0.3) is 5.91 Å². The summed E-state index contributed by atoms with van der Waals surface area (Å²) in [6.07, 6.45) is 1.80. The van der Waals surface area contributed by atoms with Crippen molar-refractivity contribution in [3.8, 4) is 0 Å². The maximum atomic E-state index is 12.2. The van der Waals surface area contributed by atoms with Crippen LogP contribution in [0.1, 0.15) is 26.6 Å². The highest BCUT2D eigenvalue weighted by Gasteiger charge is 2.26. The van der Waals surface area contributed by atoms with Crippen molar-refractivity contribution in [2.24, 2.45) is 0 Å². The summed E-state index contributed by atoms with van der Waals surface area (Å²) >= 11 is 1.42. The van der Waals surface area contributed by atoms with Crippen LogP contribution in [0.3, 0.4) is 0 Å². The summed E-state index contributed by atoms with van der Waals surface area (Å²) in [4.78, 5) is 19.5. The molecule has 0 saturated carbocycles. The molecule has 0 spiro atoms. The van der Waals surface area contributed by atoms with Gasteiger partial charge in [0.2, 0.25) is 0 Å². The third-order valence-electron chi connectivity index (χ3n) is 3.80. The van der Waals surface area contributed by atoms with Crippen LogP contribution in [0.5, 0.6) is 0 Å². The van der Waals surface area contributed by atoms with Crippen LogP contribution < -0.4 is 5.32 Å². The summed E-state index contributed by atoms with van der Waals surface area (Å²) in [5.74, 6) is 0.513. The van der Waals surface area contributed by atoms with Crippen molar-refractivity contribution < 1.29 is 4.79 Å². The van der Waals surface area contributed by atoms with Crippen molar-refractivity contribution in [2.45, 2.75) is 19.6 Å². The highest BCUT2D eigenvalue weighted by molar-refractivity contribution is 7.12. The Bertz CT molecular complexity index is 812. The third kappa shape index (κ3) is 2.88. The summed E-state index contributed by atoms with van der Waals surface area (Å²) in [5.41, 5.74) is 3.16. The molecule has 0 bridgehead atoms. The quantitative estimate of drug-likeness (QED) is 0.773. The van der Waals surface area contributed by atoms with Crippen LogP contribution in [-0.2, 0) is 19.6 Å². The third-order valence-corrected chi connectivity index (χ3v) is 4.67. The molecule has 0 aromatic carbocycles. The first-order chi connectivity index (χ1) is 11.3. The number of thiophene rings is 1. The minimum atomic E-state index is -0.113. The van der Waals surface area contributed by atoms with E-state index in [0.717, 1.165) is 36.6 Å². The van der Waals surface area contributed by atoms with Crippen molar-refractivity contribution in [1.29, 1.82) is 0 Å². The van der Waals surface area contributed by atoms with E-state index in [0.29, 0.717) is 10.7 Å². The van der Waals surface area contributed by atoms with E-state index >= 15 is 0 Å². The normalized spacial score (nSPS) is 13.9. The van der Waals surface area contributed by atoms with Gasteiger partial charge in [0, 0.05) is 31.4 Å². The van der Waals surface area contributed by atoms with Crippen LogP contribution in [0.15, 0.2) is 41.9 Å². The highest BCUT2D eigenvalue weighted by Crippen LogP contribution is 2.28. The van der Waals surface area contributed by atoms with Gasteiger partial charge in [0.05, 0.1) is 16.3 Å². The molecule has 0 radical (unpaired) electrons. The summed E-state index contributed by atoms with van der Waals surface area (Å²) in [6, 6.07) is 9.60. The fraction of sp³-hybridized carbons (Fsp3) is 0.188. The van der Waals surface area contributed by atoms with Crippen LogP contribution >= 0.6 is 11.3 Å². The van der Waals surface area contributed by atoms with Crippen LogP contribution in [0, 0.1) is 0 Å². The van der Waals surface area contributed by atoms with Crippen molar-refractivity contribution in [1.82, 2.24) is 20.1 Å². The fourth-order valence-electron chi connectivity index (χ4n) is 2.72. The van der Waals surface area contributed by atoms with Gasteiger partial charge in [-0.15, -0.1) is 11.3 Å². The van der Waals surface area contributed by atoms with Gasteiger partial charge in [-0.1, -0.05) is 12.1 Å². The number of hydrogen-bond donors (Lipinski definition) is 2. The van der Waals surface area contributed by atoms with Gasteiger partial charge in [-0.05, 0) is 23.6 Å². The number of carbonyl (C=O) groups is 1. The lowest BCUT2D eigenvalue weighted by Crippen LogP contribution is -2.18. The number of carbonyl (C=O) groups excluding carboxylic acids is 1. The van der Waals surface area contributed by atoms with Crippen molar-refractivity contribution in [3.05, 3.63) is 63.7 Å². The van der Waals surface area contributed by atoms with E-state index < -0.39 is 0 Å². The Morgan fingerprint density at radius 3 is 3.04 bits per heavy atom. The predicted molar refractivity (Wildman–Crippen MR) is 88.0 cm³/mol. The molecular formula is C16H15N5OS. The van der Waals surface area contributed by atoms with Gasteiger partial charge in [-0.2, -0.15) is 5.10 Å². The number of H-pyrrole nitrogens is 1. The first kappa shape index (κ1) is 14.1. The average Bonchev–Trinajstić information content (AvgIpc) is 3.27. The Morgan fingerprint density at radius 1 is 1.30 bits per heavy atom. The highest BCUT2D eigenvalue weighted by atomic mass is 32.1. The molecule has 116 valence electrons. The molecule has 1 amide bonds. The Kier molecular flexibility index (Phi) is 3.64. The summed E-state index contributed by atoms with van der Waals surface area (Å²) in [5, 5.41) is 12.0. The molecule has 4 rings (SSSR count). The second kappa shape index (κ2) is 5.94. The molecule has 4 heterocycles. The zero-order valence-electron chi connectivity index (χ0n) is 12.3. The number of fused-ring (bicyclic) bond motifs is 1. The molecule has 0 unspecified atom stereocenters. The van der Waals surface area contributed by atoms with E-state index in [1.807, 2.05) is 29.6 Å². The second-order valence-corrected chi connectivity index (χ2v) is 6.37. The number of pyridine rings is 1. The number of aromatic nitrogens is 3. The van der Waals surface area contributed by atoms with Crippen LogP contribution in [-0.4, -0.2) is 26.0 Å². The zero-order valence-corrected chi connectivity index (χ0v) is 13.1. The van der Waals surface area contributed by atoms with Crippen LogP contribution in [0.25, 0.3) is 0 Å². The monoisotopic (exact) mass is 325 g/mol. The van der Waals surface area contributed by atoms with E-state index in [-0.39, 0.29) is 5.91 Å². The van der Waals surface area contributed by atoms with Gasteiger partial charge in [0.1, 0.15) is 0 Å². The maximum absolute atomic E-state index is 12.2. The number of rotatable bonds is 4. The molecule has 0 fully saturated rings. The first-order valence-corrected chi connectivity index (χ1v) is 8.21. The predicted octanol–water partition coefficient (Wildman–Crippen LogP) is 2.63. The molecule has 3 aromatic rings.